The molecule has 1 saturated carbocycles. The minimum Gasteiger partial charge on any atom is -0.347 e. The van der Waals surface area contributed by atoms with Crippen LogP contribution in [0, 0.1) is 0 Å². The molecule has 1 aromatic heterocycles. The number of benzene rings is 1. The molecule has 0 spiro atoms. The molecule has 1 aromatic carbocycles. The molecule has 0 bridgehead atoms. The average molecular weight is 373 g/mol. The number of rotatable bonds is 4. The van der Waals surface area contributed by atoms with E-state index in [0.717, 1.165) is 41.4 Å². The highest BCUT2D eigenvalue weighted by Crippen LogP contribution is 2.42. The molecule has 3 rings (SSSR count). The summed E-state index contributed by atoms with van der Waals surface area (Å²) in [5.41, 5.74) is 1.61. The van der Waals surface area contributed by atoms with Crippen LogP contribution in [-0.4, -0.2) is 10.9 Å². The van der Waals surface area contributed by atoms with E-state index in [2.05, 4.69) is 38.4 Å². The lowest BCUT2D eigenvalue weighted by Gasteiger charge is -2.30. The molecule has 4 heteroatoms. The van der Waals surface area contributed by atoms with Crippen LogP contribution in [0.15, 0.2) is 53.1 Å². The number of halogens is 1. The Kier molecular flexibility index (Phi) is 4.81. The predicted octanol–water partition coefficient (Wildman–Crippen LogP) is 4.53. The van der Waals surface area contributed by atoms with E-state index in [1.807, 2.05) is 37.3 Å². The van der Waals surface area contributed by atoms with Crippen molar-refractivity contribution in [3.63, 3.8) is 0 Å². The molecule has 1 atom stereocenters. The number of carbonyl (C=O) groups excluding carboxylic acids is 1. The molecule has 3 nitrogen and oxygen atoms in total. The van der Waals surface area contributed by atoms with Crippen LogP contribution in [0.25, 0.3) is 0 Å². The summed E-state index contributed by atoms with van der Waals surface area (Å²) in [5, 5.41) is 3.18. The fourth-order valence-corrected chi connectivity index (χ4v) is 3.70. The van der Waals surface area contributed by atoms with Crippen LogP contribution in [0.5, 0.6) is 0 Å². The Bertz CT molecular complexity index is 664. The van der Waals surface area contributed by atoms with Gasteiger partial charge < -0.3 is 5.32 Å². The predicted molar refractivity (Wildman–Crippen MR) is 95.1 cm³/mol. The third-order valence-electron chi connectivity index (χ3n) is 4.77. The van der Waals surface area contributed by atoms with Crippen molar-refractivity contribution in [2.75, 3.05) is 0 Å². The fraction of sp³-hybridized carbons (Fsp3) is 0.368. The number of carbonyl (C=O) groups is 1. The Morgan fingerprint density at radius 1 is 1.17 bits per heavy atom. The van der Waals surface area contributed by atoms with Crippen LogP contribution >= 0.6 is 15.9 Å². The van der Waals surface area contributed by atoms with Crippen molar-refractivity contribution in [2.45, 2.75) is 44.1 Å². The van der Waals surface area contributed by atoms with Crippen molar-refractivity contribution < 1.29 is 4.79 Å². The van der Waals surface area contributed by atoms with Gasteiger partial charge in [-0.15, -0.1) is 0 Å². The van der Waals surface area contributed by atoms with E-state index in [0.29, 0.717) is 0 Å². The molecular formula is C19H21BrN2O. The SMILES string of the molecule is CC(NC(=O)C1(c2ccc(Br)cc2)CCCC1)c1ccccn1. The highest BCUT2D eigenvalue weighted by atomic mass is 79.9. The lowest BCUT2D eigenvalue weighted by atomic mass is 9.78. The van der Waals surface area contributed by atoms with Crippen molar-refractivity contribution in [2.24, 2.45) is 0 Å². The fourth-order valence-electron chi connectivity index (χ4n) is 3.44. The first-order valence-corrected chi connectivity index (χ1v) is 8.89. The van der Waals surface area contributed by atoms with E-state index < -0.39 is 5.41 Å². The van der Waals surface area contributed by atoms with Crippen molar-refractivity contribution in [3.05, 3.63) is 64.4 Å². The average Bonchev–Trinajstić information content (AvgIpc) is 3.07. The van der Waals surface area contributed by atoms with Gasteiger partial charge in [-0.2, -0.15) is 0 Å². The molecule has 0 saturated heterocycles. The van der Waals surface area contributed by atoms with E-state index in [1.165, 1.54) is 0 Å². The van der Waals surface area contributed by atoms with Gasteiger partial charge in [0.1, 0.15) is 0 Å². The highest BCUT2D eigenvalue weighted by molar-refractivity contribution is 9.10. The summed E-state index contributed by atoms with van der Waals surface area (Å²) in [4.78, 5) is 17.4. The summed E-state index contributed by atoms with van der Waals surface area (Å²) in [6.45, 7) is 1.99. The van der Waals surface area contributed by atoms with Gasteiger partial charge in [0.2, 0.25) is 5.91 Å². The number of aromatic nitrogens is 1. The van der Waals surface area contributed by atoms with E-state index >= 15 is 0 Å². The second-order valence-electron chi connectivity index (χ2n) is 6.25. The molecular weight excluding hydrogens is 352 g/mol. The van der Waals surface area contributed by atoms with Gasteiger partial charge in [0, 0.05) is 10.7 Å². The van der Waals surface area contributed by atoms with Gasteiger partial charge >= 0.3 is 0 Å². The summed E-state index contributed by atoms with van der Waals surface area (Å²) >= 11 is 3.47. The first-order chi connectivity index (χ1) is 11.1. The van der Waals surface area contributed by atoms with E-state index in [4.69, 9.17) is 0 Å². The van der Waals surface area contributed by atoms with Gasteiger partial charge in [0.05, 0.1) is 17.2 Å². The Hall–Kier alpha value is -1.68. The summed E-state index contributed by atoms with van der Waals surface area (Å²) in [7, 11) is 0. The highest BCUT2D eigenvalue weighted by Gasteiger charge is 2.43. The molecule has 1 aliphatic rings. The number of hydrogen-bond donors (Lipinski definition) is 1. The maximum Gasteiger partial charge on any atom is 0.231 e. The quantitative estimate of drug-likeness (QED) is 0.856. The lowest BCUT2D eigenvalue weighted by Crippen LogP contribution is -2.43. The van der Waals surface area contributed by atoms with Gasteiger partial charge in [-0.3, -0.25) is 9.78 Å². The zero-order valence-electron chi connectivity index (χ0n) is 13.3. The van der Waals surface area contributed by atoms with Gasteiger partial charge in [0.15, 0.2) is 0 Å². The molecule has 120 valence electrons. The standard InChI is InChI=1S/C19H21BrN2O/c1-14(17-6-2-5-13-21-17)22-18(23)19(11-3-4-12-19)15-7-9-16(20)10-8-15/h2,5-10,13-14H,3-4,11-12H2,1H3,(H,22,23). The van der Waals surface area contributed by atoms with Crippen molar-refractivity contribution in [1.82, 2.24) is 10.3 Å². The Morgan fingerprint density at radius 2 is 1.87 bits per heavy atom. The van der Waals surface area contributed by atoms with Crippen molar-refractivity contribution in [1.29, 1.82) is 0 Å². The third kappa shape index (κ3) is 3.32. The second-order valence-corrected chi connectivity index (χ2v) is 7.16. The molecule has 2 aromatic rings. The largest absolute Gasteiger partial charge is 0.347 e. The van der Waals surface area contributed by atoms with Crippen LogP contribution in [0.2, 0.25) is 0 Å². The molecule has 0 aliphatic heterocycles. The molecule has 0 radical (unpaired) electrons. The topological polar surface area (TPSA) is 42.0 Å². The van der Waals surface area contributed by atoms with Crippen LogP contribution < -0.4 is 5.32 Å². The number of hydrogen-bond acceptors (Lipinski definition) is 2. The molecule has 1 unspecified atom stereocenters. The van der Waals surface area contributed by atoms with Crippen LogP contribution in [-0.2, 0) is 10.2 Å². The molecule has 1 N–H and O–H groups in total. The maximum atomic E-state index is 13.1. The second kappa shape index (κ2) is 6.83. The minimum absolute atomic E-state index is 0.0865. The van der Waals surface area contributed by atoms with E-state index in [1.54, 1.807) is 6.20 Å². The Morgan fingerprint density at radius 3 is 2.48 bits per heavy atom. The first kappa shape index (κ1) is 16.2. The van der Waals surface area contributed by atoms with Gasteiger partial charge in [-0.25, -0.2) is 0 Å². The smallest absolute Gasteiger partial charge is 0.231 e. The maximum absolute atomic E-state index is 13.1. The Balaban J connectivity index is 1.83. The molecule has 1 aliphatic carbocycles. The van der Waals surface area contributed by atoms with E-state index in [-0.39, 0.29) is 11.9 Å². The lowest BCUT2D eigenvalue weighted by molar-refractivity contribution is -0.127. The van der Waals surface area contributed by atoms with Crippen molar-refractivity contribution >= 4 is 21.8 Å². The number of amides is 1. The first-order valence-electron chi connectivity index (χ1n) is 8.10. The van der Waals surface area contributed by atoms with Crippen molar-refractivity contribution in [3.8, 4) is 0 Å². The monoisotopic (exact) mass is 372 g/mol. The third-order valence-corrected chi connectivity index (χ3v) is 5.30. The minimum atomic E-state index is -0.399. The summed E-state index contributed by atoms with van der Waals surface area (Å²) in [5.74, 6) is 0.121. The van der Waals surface area contributed by atoms with Gasteiger partial charge in [-0.1, -0.05) is 47.0 Å². The Labute approximate surface area is 145 Å². The molecule has 23 heavy (non-hydrogen) atoms. The number of nitrogens with one attached hydrogen (secondary N) is 1. The summed E-state index contributed by atoms with van der Waals surface area (Å²) in [6.07, 6.45) is 5.78. The summed E-state index contributed by atoms with van der Waals surface area (Å²) in [6, 6.07) is 13.9. The number of nitrogens with zero attached hydrogens (tertiary/aromatic N) is 1. The summed E-state index contributed by atoms with van der Waals surface area (Å²) < 4.78 is 1.04. The molecule has 1 fully saturated rings. The van der Waals surface area contributed by atoms with Crippen LogP contribution in [0.1, 0.15) is 49.9 Å². The van der Waals surface area contributed by atoms with Gasteiger partial charge in [0.25, 0.3) is 0 Å². The van der Waals surface area contributed by atoms with Crippen LogP contribution in [0.3, 0.4) is 0 Å². The van der Waals surface area contributed by atoms with E-state index in [9.17, 15) is 4.79 Å². The normalized spacial score (nSPS) is 17.7. The zero-order chi connectivity index (χ0) is 16.3. The van der Waals surface area contributed by atoms with Crippen LogP contribution in [0.4, 0.5) is 0 Å². The zero-order valence-corrected chi connectivity index (χ0v) is 14.8. The molecule has 1 amide bonds. The number of pyridine rings is 1. The molecule has 1 heterocycles. The van der Waals surface area contributed by atoms with Gasteiger partial charge in [-0.05, 0) is 49.6 Å².